The molecule has 0 fully saturated rings. The number of aryl methyl sites for hydroxylation is 1. The highest BCUT2D eigenvalue weighted by Gasteiger charge is 2.17. The minimum absolute atomic E-state index is 0.0360. The lowest BCUT2D eigenvalue weighted by Crippen LogP contribution is -2.38. The van der Waals surface area contributed by atoms with Gasteiger partial charge in [0.1, 0.15) is 0 Å². The zero-order valence-corrected chi connectivity index (χ0v) is 15.5. The second-order valence-corrected chi connectivity index (χ2v) is 6.35. The van der Waals surface area contributed by atoms with Gasteiger partial charge in [0.05, 0.1) is 22.3 Å². The molecule has 0 aliphatic rings. The topological polar surface area (TPSA) is 49.4 Å². The lowest BCUT2D eigenvalue weighted by Gasteiger charge is -2.21. The summed E-state index contributed by atoms with van der Waals surface area (Å²) in [7, 11) is 0. The van der Waals surface area contributed by atoms with Crippen LogP contribution in [0, 0.1) is 0 Å². The molecule has 0 unspecified atom stereocenters. The zero-order chi connectivity index (χ0) is 18.2. The molecule has 4 nitrogen and oxygen atoms in total. The average molecular weight is 379 g/mol. The Kier molecular flexibility index (Phi) is 7.29. The largest absolute Gasteiger partial charge is 0.334 e. The van der Waals surface area contributed by atoms with E-state index in [1.54, 1.807) is 18.2 Å². The Hall–Kier alpha value is -2.04. The summed E-state index contributed by atoms with van der Waals surface area (Å²) >= 11 is 12.1. The molecule has 0 aliphatic carbocycles. The maximum Gasteiger partial charge on any atom is 0.244 e. The number of likely N-dealkylation sites (N-methyl/N-ethyl adjacent to an activating group) is 1. The Morgan fingerprint density at radius 3 is 2.24 bits per heavy atom. The van der Waals surface area contributed by atoms with Crippen LogP contribution in [0.5, 0.6) is 0 Å². The zero-order valence-electron chi connectivity index (χ0n) is 14.0. The fourth-order valence-electron chi connectivity index (χ4n) is 2.40. The summed E-state index contributed by atoms with van der Waals surface area (Å²) in [4.78, 5) is 26.1. The van der Waals surface area contributed by atoms with E-state index in [2.05, 4.69) is 5.32 Å². The van der Waals surface area contributed by atoms with Crippen molar-refractivity contribution in [2.45, 2.75) is 19.8 Å². The number of anilines is 1. The summed E-state index contributed by atoms with van der Waals surface area (Å²) in [6.07, 6.45) is 1.01. The van der Waals surface area contributed by atoms with Crippen molar-refractivity contribution in [3.8, 4) is 0 Å². The van der Waals surface area contributed by atoms with Gasteiger partial charge in [0, 0.05) is 13.0 Å². The monoisotopic (exact) mass is 378 g/mol. The highest BCUT2D eigenvalue weighted by molar-refractivity contribution is 6.39. The van der Waals surface area contributed by atoms with Crippen LogP contribution in [-0.2, 0) is 16.0 Å². The van der Waals surface area contributed by atoms with Crippen LogP contribution in [0.25, 0.3) is 0 Å². The maximum atomic E-state index is 12.4. The molecule has 2 rings (SSSR count). The van der Waals surface area contributed by atoms with Gasteiger partial charge >= 0.3 is 0 Å². The van der Waals surface area contributed by atoms with E-state index in [9.17, 15) is 9.59 Å². The fraction of sp³-hybridized carbons (Fsp3) is 0.263. The second kappa shape index (κ2) is 9.44. The highest BCUT2D eigenvalue weighted by atomic mass is 35.5. The summed E-state index contributed by atoms with van der Waals surface area (Å²) in [6.45, 7) is 2.26. The first-order valence-corrected chi connectivity index (χ1v) is 8.82. The van der Waals surface area contributed by atoms with Crippen LogP contribution in [0.1, 0.15) is 18.9 Å². The smallest absolute Gasteiger partial charge is 0.244 e. The van der Waals surface area contributed by atoms with Gasteiger partial charge in [-0.3, -0.25) is 9.59 Å². The molecule has 6 heteroatoms. The van der Waals surface area contributed by atoms with Gasteiger partial charge in [-0.15, -0.1) is 0 Å². The maximum absolute atomic E-state index is 12.4. The SMILES string of the molecule is CCN(CC(=O)Nc1c(Cl)cccc1Cl)C(=O)CCc1ccccc1. The number of hydrogen-bond acceptors (Lipinski definition) is 2. The van der Waals surface area contributed by atoms with Gasteiger partial charge in [-0.25, -0.2) is 0 Å². The summed E-state index contributed by atoms with van der Waals surface area (Å²) in [5, 5.41) is 3.40. The third-order valence-corrected chi connectivity index (χ3v) is 4.40. The predicted molar refractivity (Wildman–Crippen MR) is 102 cm³/mol. The van der Waals surface area contributed by atoms with Crippen LogP contribution in [0.15, 0.2) is 48.5 Å². The number of nitrogens with one attached hydrogen (secondary N) is 1. The van der Waals surface area contributed by atoms with Crippen LogP contribution < -0.4 is 5.32 Å². The van der Waals surface area contributed by atoms with Crippen molar-refractivity contribution in [3.05, 3.63) is 64.1 Å². The van der Waals surface area contributed by atoms with E-state index in [0.717, 1.165) is 5.56 Å². The number of carbonyl (C=O) groups excluding carboxylic acids is 2. The van der Waals surface area contributed by atoms with Gasteiger partial charge in [0.15, 0.2) is 0 Å². The molecular weight excluding hydrogens is 359 g/mol. The molecule has 0 aromatic heterocycles. The summed E-state index contributed by atoms with van der Waals surface area (Å²) in [6, 6.07) is 14.8. The third kappa shape index (κ3) is 5.76. The molecule has 0 radical (unpaired) electrons. The standard InChI is InChI=1S/C19H20Cl2N2O2/c1-2-23(18(25)12-11-14-7-4-3-5-8-14)13-17(24)22-19-15(20)9-6-10-16(19)21/h3-10H,2,11-13H2,1H3,(H,22,24). The molecule has 0 bridgehead atoms. The number of nitrogens with zero attached hydrogens (tertiary/aromatic N) is 1. The number of para-hydroxylation sites is 1. The van der Waals surface area contributed by atoms with E-state index in [1.165, 1.54) is 4.90 Å². The average Bonchev–Trinajstić information content (AvgIpc) is 2.61. The minimum Gasteiger partial charge on any atom is -0.334 e. The van der Waals surface area contributed by atoms with Crippen molar-refractivity contribution in [1.29, 1.82) is 0 Å². The predicted octanol–water partition coefficient (Wildman–Crippen LogP) is 4.41. The van der Waals surface area contributed by atoms with E-state index < -0.39 is 0 Å². The number of benzene rings is 2. The van der Waals surface area contributed by atoms with Gasteiger partial charge in [0.2, 0.25) is 11.8 Å². The Bertz CT molecular complexity index is 715. The van der Waals surface area contributed by atoms with Crippen molar-refractivity contribution in [2.75, 3.05) is 18.4 Å². The van der Waals surface area contributed by atoms with Crippen LogP contribution in [0.4, 0.5) is 5.69 Å². The Morgan fingerprint density at radius 1 is 1.00 bits per heavy atom. The Labute approximate surface area is 157 Å². The van der Waals surface area contributed by atoms with E-state index in [1.807, 2.05) is 37.3 Å². The van der Waals surface area contributed by atoms with Gasteiger partial charge in [-0.2, -0.15) is 0 Å². The molecule has 2 aromatic rings. The summed E-state index contributed by atoms with van der Waals surface area (Å²) in [5.74, 6) is -0.392. The quantitative estimate of drug-likeness (QED) is 0.775. The molecule has 1 N–H and O–H groups in total. The molecule has 2 amide bonds. The van der Waals surface area contributed by atoms with Crippen LogP contribution >= 0.6 is 23.2 Å². The normalized spacial score (nSPS) is 10.4. The van der Waals surface area contributed by atoms with Gasteiger partial charge in [0.25, 0.3) is 0 Å². The molecule has 0 saturated heterocycles. The number of halogens is 2. The first-order chi connectivity index (χ1) is 12.0. The second-order valence-electron chi connectivity index (χ2n) is 5.54. The third-order valence-electron chi connectivity index (χ3n) is 3.77. The van der Waals surface area contributed by atoms with E-state index in [-0.39, 0.29) is 18.4 Å². The number of carbonyl (C=O) groups is 2. The van der Waals surface area contributed by atoms with Crippen molar-refractivity contribution < 1.29 is 9.59 Å². The molecule has 0 saturated carbocycles. The molecule has 0 heterocycles. The van der Waals surface area contributed by atoms with Gasteiger partial charge in [-0.1, -0.05) is 59.6 Å². The Morgan fingerprint density at radius 2 is 1.64 bits per heavy atom. The van der Waals surface area contributed by atoms with E-state index in [4.69, 9.17) is 23.2 Å². The van der Waals surface area contributed by atoms with Crippen molar-refractivity contribution in [2.24, 2.45) is 0 Å². The molecule has 2 aromatic carbocycles. The molecule has 132 valence electrons. The first kappa shape index (κ1) is 19.3. The van der Waals surface area contributed by atoms with Crippen molar-refractivity contribution >= 4 is 40.7 Å². The number of rotatable bonds is 7. The first-order valence-electron chi connectivity index (χ1n) is 8.06. The van der Waals surface area contributed by atoms with Crippen LogP contribution in [0.3, 0.4) is 0 Å². The number of hydrogen-bond donors (Lipinski definition) is 1. The van der Waals surface area contributed by atoms with E-state index >= 15 is 0 Å². The lowest BCUT2D eigenvalue weighted by molar-refractivity contribution is -0.134. The highest BCUT2D eigenvalue weighted by Crippen LogP contribution is 2.29. The molecule has 0 spiro atoms. The lowest BCUT2D eigenvalue weighted by atomic mass is 10.1. The van der Waals surface area contributed by atoms with Crippen molar-refractivity contribution in [1.82, 2.24) is 4.90 Å². The van der Waals surface area contributed by atoms with Gasteiger partial charge in [-0.05, 0) is 31.0 Å². The fourth-order valence-corrected chi connectivity index (χ4v) is 2.89. The molecule has 0 atom stereocenters. The van der Waals surface area contributed by atoms with E-state index in [0.29, 0.717) is 35.1 Å². The minimum atomic E-state index is -0.329. The van der Waals surface area contributed by atoms with Gasteiger partial charge < -0.3 is 10.2 Å². The molecule has 25 heavy (non-hydrogen) atoms. The number of amides is 2. The molecular formula is C19H20Cl2N2O2. The summed E-state index contributed by atoms with van der Waals surface area (Å²) < 4.78 is 0. The van der Waals surface area contributed by atoms with Crippen LogP contribution in [0.2, 0.25) is 10.0 Å². The van der Waals surface area contributed by atoms with Crippen molar-refractivity contribution in [3.63, 3.8) is 0 Å². The Balaban J connectivity index is 1.91. The van der Waals surface area contributed by atoms with Crippen LogP contribution in [-0.4, -0.2) is 29.8 Å². The molecule has 0 aliphatic heterocycles. The summed E-state index contributed by atoms with van der Waals surface area (Å²) in [5.41, 5.74) is 1.46.